The van der Waals surface area contributed by atoms with E-state index in [0.717, 1.165) is 14.2 Å². The van der Waals surface area contributed by atoms with Crippen LogP contribution in [0.15, 0.2) is 30.3 Å². The van der Waals surface area contributed by atoms with E-state index in [-0.39, 0.29) is 0 Å². The van der Waals surface area contributed by atoms with Crippen molar-refractivity contribution in [3.63, 3.8) is 0 Å². The molecule has 31 heavy (non-hydrogen) atoms. The standard InChI is InChI=1S/C21H26O10/c1-18(2,3)29-14(22)11-20(25)21(17(24)27-5)19(12-28-20,16(23)26-4)30-15(31-21)13-9-7-6-8-10-13/h6-10,15,25H,11-12H2,1-5H3/t15-,19-,20?,21+/m1/s1. The highest BCUT2D eigenvalue weighted by Gasteiger charge is 2.85. The van der Waals surface area contributed by atoms with Crippen LogP contribution in [0.25, 0.3) is 0 Å². The Bertz CT molecular complexity index is 863. The number of esters is 3. The van der Waals surface area contributed by atoms with Crippen molar-refractivity contribution in [2.75, 3.05) is 20.8 Å². The Kier molecular flexibility index (Phi) is 5.87. The first-order valence-electron chi connectivity index (χ1n) is 9.60. The van der Waals surface area contributed by atoms with E-state index in [9.17, 15) is 19.5 Å². The monoisotopic (exact) mass is 438 g/mol. The smallest absolute Gasteiger partial charge is 0.347 e. The number of ether oxygens (including phenoxy) is 6. The molecule has 2 aliphatic heterocycles. The molecule has 170 valence electrons. The summed E-state index contributed by atoms with van der Waals surface area (Å²) in [5.41, 5.74) is -5.20. The van der Waals surface area contributed by atoms with Crippen LogP contribution >= 0.6 is 0 Å². The fourth-order valence-corrected chi connectivity index (χ4v) is 3.84. The number of carbonyl (C=O) groups is 3. The summed E-state index contributed by atoms with van der Waals surface area (Å²) in [7, 11) is 2.13. The Hall–Kier alpha value is -2.53. The Morgan fingerprint density at radius 1 is 1.06 bits per heavy atom. The van der Waals surface area contributed by atoms with Gasteiger partial charge in [0, 0.05) is 5.56 Å². The third-order valence-corrected chi connectivity index (χ3v) is 5.09. The van der Waals surface area contributed by atoms with Crippen LogP contribution in [0.2, 0.25) is 0 Å². The van der Waals surface area contributed by atoms with E-state index in [1.54, 1.807) is 51.1 Å². The summed E-state index contributed by atoms with van der Waals surface area (Å²) < 4.78 is 32.2. The molecule has 0 aliphatic carbocycles. The summed E-state index contributed by atoms with van der Waals surface area (Å²) in [5.74, 6) is -5.72. The summed E-state index contributed by atoms with van der Waals surface area (Å²) >= 11 is 0. The first kappa shape index (κ1) is 23.1. The summed E-state index contributed by atoms with van der Waals surface area (Å²) in [6, 6.07) is 8.46. The van der Waals surface area contributed by atoms with Gasteiger partial charge in [-0.05, 0) is 20.8 Å². The fourth-order valence-electron chi connectivity index (χ4n) is 3.84. The van der Waals surface area contributed by atoms with Gasteiger partial charge in [-0.15, -0.1) is 0 Å². The van der Waals surface area contributed by atoms with Gasteiger partial charge in [0.05, 0.1) is 20.8 Å². The van der Waals surface area contributed by atoms with Crippen molar-refractivity contribution in [2.45, 2.75) is 56.1 Å². The van der Waals surface area contributed by atoms with Gasteiger partial charge in [0.1, 0.15) is 12.0 Å². The number of rotatable bonds is 5. The molecular weight excluding hydrogens is 412 g/mol. The number of benzene rings is 1. The van der Waals surface area contributed by atoms with Crippen molar-refractivity contribution in [1.29, 1.82) is 0 Å². The van der Waals surface area contributed by atoms with Crippen LogP contribution in [0.4, 0.5) is 0 Å². The average molecular weight is 438 g/mol. The normalized spacial score (nSPS) is 32.3. The second-order valence-corrected chi connectivity index (χ2v) is 8.31. The zero-order valence-corrected chi connectivity index (χ0v) is 18.0. The van der Waals surface area contributed by atoms with Gasteiger partial charge in [-0.25, -0.2) is 9.59 Å². The van der Waals surface area contributed by atoms with Crippen LogP contribution in [-0.2, 0) is 42.8 Å². The van der Waals surface area contributed by atoms with Gasteiger partial charge in [-0.2, -0.15) is 0 Å². The molecule has 2 heterocycles. The Labute approximate surface area is 179 Å². The van der Waals surface area contributed by atoms with Crippen molar-refractivity contribution in [3.05, 3.63) is 35.9 Å². The fraction of sp³-hybridized carbons (Fsp3) is 0.571. The minimum Gasteiger partial charge on any atom is -0.467 e. The van der Waals surface area contributed by atoms with E-state index in [1.807, 2.05) is 0 Å². The maximum absolute atomic E-state index is 13.1. The number of fused-ring (bicyclic) bond motifs is 1. The molecule has 0 spiro atoms. The number of methoxy groups -OCH3 is 2. The van der Waals surface area contributed by atoms with Crippen molar-refractivity contribution >= 4 is 17.9 Å². The molecule has 2 fully saturated rings. The lowest BCUT2D eigenvalue weighted by molar-refractivity contribution is -0.279. The Morgan fingerprint density at radius 3 is 2.23 bits per heavy atom. The molecular formula is C21H26O10. The minimum absolute atomic E-state index is 0.461. The van der Waals surface area contributed by atoms with Gasteiger partial charge in [0.15, 0.2) is 6.29 Å². The largest absolute Gasteiger partial charge is 0.467 e. The molecule has 1 unspecified atom stereocenters. The summed E-state index contributed by atoms with van der Waals surface area (Å²) in [6.07, 6.45) is -2.09. The highest BCUT2D eigenvalue weighted by atomic mass is 16.8. The zero-order valence-electron chi connectivity index (χ0n) is 18.0. The molecule has 4 atom stereocenters. The third kappa shape index (κ3) is 3.59. The van der Waals surface area contributed by atoms with E-state index in [4.69, 9.17) is 28.4 Å². The summed E-state index contributed by atoms with van der Waals surface area (Å²) in [6.45, 7) is 4.29. The molecule has 0 saturated carbocycles. The van der Waals surface area contributed by atoms with Crippen molar-refractivity contribution in [1.82, 2.24) is 0 Å². The molecule has 2 saturated heterocycles. The van der Waals surface area contributed by atoms with Gasteiger partial charge < -0.3 is 33.5 Å². The van der Waals surface area contributed by atoms with E-state index >= 15 is 0 Å². The quantitative estimate of drug-likeness (QED) is 0.525. The van der Waals surface area contributed by atoms with Crippen LogP contribution in [-0.4, -0.2) is 66.4 Å². The van der Waals surface area contributed by atoms with Gasteiger partial charge in [0.2, 0.25) is 11.4 Å². The molecule has 2 aliphatic rings. The Balaban J connectivity index is 2.11. The second kappa shape index (κ2) is 7.86. The van der Waals surface area contributed by atoms with Crippen LogP contribution in [0.3, 0.4) is 0 Å². The number of carbonyl (C=O) groups excluding carboxylic acids is 3. The lowest BCUT2D eigenvalue weighted by Gasteiger charge is -2.38. The predicted molar refractivity (Wildman–Crippen MR) is 102 cm³/mol. The molecule has 1 aromatic rings. The predicted octanol–water partition coefficient (Wildman–Crippen LogP) is 1.01. The highest BCUT2D eigenvalue weighted by Crippen LogP contribution is 2.57. The topological polar surface area (TPSA) is 127 Å². The lowest BCUT2D eigenvalue weighted by atomic mass is 9.78. The Morgan fingerprint density at radius 2 is 1.68 bits per heavy atom. The molecule has 3 rings (SSSR count). The van der Waals surface area contributed by atoms with E-state index in [2.05, 4.69) is 0 Å². The summed E-state index contributed by atoms with van der Waals surface area (Å²) in [5, 5.41) is 11.4. The zero-order chi connectivity index (χ0) is 23.1. The van der Waals surface area contributed by atoms with E-state index < -0.39 is 59.8 Å². The molecule has 0 radical (unpaired) electrons. The van der Waals surface area contributed by atoms with Gasteiger partial charge in [-0.1, -0.05) is 30.3 Å². The van der Waals surface area contributed by atoms with E-state index in [0.29, 0.717) is 5.56 Å². The van der Waals surface area contributed by atoms with Crippen LogP contribution < -0.4 is 0 Å². The second-order valence-electron chi connectivity index (χ2n) is 8.31. The number of aliphatic hydroxyl groups is 1. The number of hydrogen-bond donors (Lipinski definition) is 1. The highest BCUT2D eigenvalue weighted by molar-refractivity contribution is 5.96. The van der Waals surface area contributed by atoms with Crippen LogP contribution in [0.1, 0.15) is 39.0 Å². The molecule has 0 aromatic heterocycles. The first-order valence-corrected chi connectivity index (χ1v) is 9.60. The van der Waals surface area contributed by atoms with Gasteiger partial charge in [0.25, 0.3) is 5.60 Å². The maximum atomic E-state index is 13.1. The number of hydrogen-bond acceptors (Lipinski definition) is 10. The third-order valence-electron chi connectivity index (χ3n) is 5.09. The molecule has 1 aromatic carbocycles. The van der Waals surface area contributed by atoms with Crippen molar-refractivity contribution < 1.29 is 47.9 Å². The molecule has 10 heteroatoms. The molecule has 0 amide bonds. The lowest BCUT2D eigenvalue weighted by Crippen LogP contribution is -2.69. The first-order chi connectivity index (χ1) is 14.4. The SMILES string of the molecule is COC(=O)[C@]12O[C@H](c3ccccc3)O[C@@]1(C(=O)OC)COC2(O)CC(=O)OC(C)(C)C. The summed E-state index contributed by atoms with van der Waals surface area (Å²) in [4.78, 5) is 38.5. The van der Waals surface area contributed by atoms with Gasteiger partial charge >= 0.3 is 17.9 Å². The molecule has 0 bridgehead atoms. The van der Waals surface area contributed by atoms with Crippen LogP contribution in [0.5, 0.6) is 0 Å². The van der Waals surface area contributed by atoms with Crippen molar-refractivity contribution in [2.24, 2.45) is 0 Å². The van der Waals surface area contributed by atoms with Crippen LogP contribution in [0, 0.1) is 0 Å². The average Bonchev–Trinajstić information content (AvgIpc) is 3.18. The molecule has 1 N–H and O–H groups in total. The van der Waals surface area contributed by atoms with E-state index in [1.165, 1.54) is 0 Å². The van der Waals surface area contributed by atoms with Crippen molar-refractivity contribution in [3.8, 4) is 0 Å². The van der Waals surface area contributed by atoms with Gasteiger partial charge in [-0.3, -0.25) is 4.79 Å². The maximum Gasteiger partial charge on any atom is 0.347 e. The minimum atomic E-state index is -2.64. The molecule has 10 nitrogen and oxygen atoms in total.